The van der Waals surface area contributed by atoms with Crippen molar-refractivity contribution in [3.8, 4) is 0 Å². The van der Waals surface area contributed by atoms with Gasteiger partial charge in [0, 0.05) is 9.86 Å². The Balaban J connectivity index is 2.22. The third kappa shape index (κ3) is 3.50. The van der Waals surface area contributed by atoms with E-state index in [0.717, 1.165) is 15.2 Å². The highest BCUT2D eigenvalue weighted by Gasteiger charge is 2.19. The summed E-state index contributed by atoms with van der Waals surface area (Å²) in [6.45, 7) is -0.677. The fourth-order valence-corrected chi connectivity index (χ4v) is 2.35. The average molecular weight is 353 g/mol. The second-order valence-electron chi connectivity index (χ2n) is 4.31. The summed E-state index contributed by atoms with van der Waals surface area (Å²) in [5.41, 5.74) is 0.549. The molecular weight excluding hydrogens is 340 g/mol. The van der Waals surface area contributed by atoms with E-state index in [4.69, 9.17) is 10.2 Å². The summed E-state index contributed by atoms with van der Waals surface area (Å²) in [7, 11) is 0. The summed E-state index contributed by atoms with van der Waals surface area (Å²) in [6.07, 6.45) is 0. The molecule has 0 heterocycles. The van der Waals surface area contributed by atoms with E-state index in [1.807, 2.05) is 24.3 Å². The van der Waals surface area contributed by atoms with Gasteiger partial charge in [0.05, 0.1) is 12.3 Å². The minimum atomic E-state index is -1.34. The molecule has 4 N–H and O–H groups in total. The van der Waals surface area contributed by atoms with Crippen LogP contribution in [0.1, 0.15) is 0 Å². The molecule has 0 spiro atoms. The number of fused-ring (bicyclic) bond motifs is 1. The van der Waals surface area contributed by atoms with Gasteiger partial charge < -0.3 is 20.8 Å². The highest BCUT2D eigenvalue weighted by Crippen LogP contribution is 2.29. The molecule has 110 valence electrons. The number of carboxylic acids is 1. The summed E-state index contributed by atoms with van der Waals surface area (Å²) in [6, 6.07) is 8.93. The van der Waals surface area contributed by atoms with Crippen LogP contribution in [0.15, 0.2) is 40.9 Å². The van der Waals surface area contributed by atoms with E-state index in [0.29, 0.717) is 5.69 Å². The van der Waals surface area contributed by atoms with Crippen molar-refractivity contribution < 1.29 is 19.8 Å². The molecule has 6 nitrogen and oxygen atoms in total. The van der Waals surface area contributed by atoms with E-state index >= 15 is 0 Å². The van der Waals surface area contributed by atoms with E-state index in [2.05, 4.69) is 26.6 Å². The van der Waals surface area contributed by atoms with E-state index in [1.165, 1.54) is 0 Å². The number of nitrogens with one attached hydrogen (secondary N) is 2. The predicted molar refractivity (Wildman–Crippen MR) is 82.3 cm³/mol. The van der Waals surface area contributed by atoms with Crippen molar-refractivity contribution in [2.45, 2.75) is 6.04 Å². The molecule has 0 saturated heterocycles. The first-order valence-electron chi connectivity index (χ1n) is 6.11. The number of hydrogen-bond donors (Lipinski definition) is 4. The molecule has 2 aromatic carbocycles. The van der Waals surface area contributed by atoms with Crippen LogP contribution >= 0.6 is 15.9 Å². The van der Waals surface area contributed by atoms with Crippen LogP contribution in [0.25, 0.3) is 10.8 Å². The van der Waals surface area contributed by atoms with Gasteiger partial charge in [0.25, 0.3) is 0 Å². The molecule has 0 saturated carbocycles. The van der Waals surface area contributed by atoms with Gasteiger partial charge in [-0.05, 0) is 17.5 Å². The fraction of sp³-hybridized carbons (Fsp3) is 0.143. The number of aliphatic hydroxyl groups is 1. The van der Waals surface area contributed by atoms with Crippen molar-refractivity contribution in [3.63, 3.8) is 0 Å². The number of rotatable bonds is 4. The molecule has 0 aromatic heterocycles. The van der Waals surface area contributed by atoms with Crippen LogP contribution in [0.5, 0.6) is 0 Å². The van der Waals surface area contributed by atoms with Gasteiger partial charge >= 0.3 is 12.0 Å². The van der Waals surface area contributed by atoms with Crippen LogP contribution in [0.2, 0.25) is 0 Å². The summed E-state index contributed by atoms with van der Waals surface area (Å²) >= 11 is 3.43. The molecule has 1 atom stereocenters. The van der Waals surface area contributed by atoms with Crippen LogP contribution in [-0.4, -0.2) is 34.9 Å². The van der Waals surface area contributed by atoms with Gasteiger partial charge in [0.15, 0.2) is 6.04 Å². The lowest BCUT2D eigenvalue weighted by Crippen LogP contribution is -2.45. The van der Waals surface area contributed by atoms with Crippen molar-refractivity contribution in [1.82, 2.24) is 5.32 Å². The Morgan fingerprint density at radius 2 is 1.81 bits per heavy atom. The molecule has 0 fully saturated rings. The first-order valence-corrected chi connectivity index (χ1v) is 6.90. The van der Waals surface area contributed by atoms with Gasteiger partial charge in [-0.15, -0.1) is 0 Å². The van der Waals surface area contributed by atoms with E-state index in [1.54, 1.807) is 12.1 Å². The lowest BCUT2D eigenvalue weighted by atomic mass is 10.1. The smallest absolute Gasteiger partial charge is 0.328 e. The van der Waals surface area contributed by atoms with Crippen LogP contribution in [0, 0.1) is 0 Å². The Hall–Kier alpha value is -2.12. The van der Waals surface area contributed by atoms with Crippen LogP contribution in [-0.2, 0) is 4.79 Å². The summed E-state index contributed by atoms with van der Waals surface area (Å²) < 4.78 is 0.892. The second-order valence-corrected chi connectivity index (χ2v) is 5.17. The molecule has 0 aliphatic carbocycles. The number of hydrogen-bond acceptors (Lipinski definition) is 3. The van der Waals surface area contributed by atoms with E-state index < -0.39 is 24.6 Å². The number of carboxylic acid groups (broad SMARTS) is 1. The SMILES string of the molecule is O=C(Nc1ccc(Br)c2ccccc12)N[C@H](CO)C(=O)O. The lowest BCUT2D eigenvalue weighted by Gasteiger charge is -2.14. The molecule has 2 aromatic rings. The Labute approximate surface area is 128 Å². The molecule has 2 amide bonds. The van der Waals surface area contributed by atoms with Crippen molar-refractivity contribution >= 4 is 44.4 Å². The molecule has 0 aliphatic heterocycles. The van der Waals surface area contributed by atoms with Crippen molar-refractivity contribution in [1.29, 1.82) is 0 Å². The number of halogens is 1. The van der Waals surface area contributed by atoms with Gasteiger partial charge in [-0.1, -0.05) is 40.2 Å². The van der Waals surface area contributed by atoms with Crippen molar-refractivity contribution in [3.05, 3.63) is 40.9 Å². The molecule has 0 bridgehead atoms. The van der Waals surface area contributed by atoms with Gasteiger partial charge in [-0.3, -0.25) is 0 Å². The van der Waals surface area contributed by atoms with Crippen LogP contribution in [0.4, 0.5) is 10.5 Å². The van der Waals surface area contributed by atoms with E-state index in [-0.39, 0.29) is 0 Å². The number of anilines is 1. The van der Waals surface area contributed by atoms with Crippen molar-refractivity contribution in [2.24, 2.45) is 0 Å². The quantitative estimate of drug-likeness (QED) is 0.677. The minimum absolute atomic E-state index is 0.549. The van der Waals surface area contributed by atoms with Gasteiger partial charge in [-0.2, -0.15) is 0 Å². The zero-order valence-corrected chi connectivity index (χ0v) is 12.4. The molecule has 7 heteroatoms. The molecule has 2 rings (SSSR count). The predicted octanol–water partition coefficient (Wildman–Crippen LogP) is 2.17. The van der Waals surface area contributed by atoms with Crippen LogP contribution < -0.4 is 10.6 Å². The number of carbonyl (C=O) groups is 2. The number of aliphatic hydroxyl groups excluding tert-OH is 1. The van der Waals surface area contributed by atoms with Crippen LogP contribution in [0.3, 0.4) is 0 Å². The Morgan fingerprint density at radius 1 is 1.14 bits per heavy atom. The Kier molecular flexibility index (Phi) is 4.77. The maximum atomic E-state index is 11.8. The number of amides is 2. The zero-order chi connectivity index (χ0) is 15.4. The first-order chi connectivity index (χ1) is 10.0. The standard InChI is InChI=1S/C14H13BrN2O4/c15-10-5-6-11(9-4-2-1-3-8(9)10)16-14(21)17-12(7-18)13(19)20/h1-6,12,18H,7H2,(H,19,20)(H2,16,17,21)/t12-/m1/s1. The van der Waals surface area contributed by atoms with Gasteiger partial charge in [0.1, 0.15) is 0 Å². The third-order valence-corrected chi connectivity index (χ3v) is 3.60. The number of benzene rings is 2. The molecule has 21 heavy (non-hydrogen) atoms. The topological polar surface area (TPSA) is 98.7 Å². The highest BCUT2D eigenvalue weighted by molar-refractivity contribution is 9.10. The monoisotopic (exact) mass is 352 g/mol. The lowest BCUT2D eigenvalue weighted by molar-refractivity contribution is -0.140. The molecule has 0 radical (unpaired) electrons. The summed E-state index contributed by atoms with van der Waals surface area (Å²) in [4.78, 5) is 22.6. The largest absolute Gasteiger partial charge is 0.480 e. The number of urea groups is 1. The average Bonchev–Trinajstić information content (AvgIpc) is 2.47. The fourth-order valence-electron chi connectivity index (χ4n) is 1.87. The first kappa shape index (κ1) is 15.3. The summed E-state index contributed by atoms with van der Waals surface area (Å²) in [5, 5.41) is 24.2. The maximum absolute atomic E-state index is 11.8. The third-order valence-electron chi connectivity index (χ3n) is 2.91. The molecule has 0 aliphatic rings. The van der Waals surface area contributed by atoms with Crippen molar-refractivity contribution in [2.75, 3.05) is 11.9 Å². The highest BCUT2D eigenvalue weighted by atomic mass is 79.9. The van der Waals surface area contributed by atoms with Gasteiger partial charge in [-0.25, -0.2) is 9.59 Å². The molecular formula is C14H13BrN2O4. The second kappa shape index (κ2) is 6.55. The van der Waals surface area contributed by atoms with Gasteiger partial charge in [0.2, 0.25) is 0 Å². The number of carbonyl (C=O) groups excluding carboxylic acids is 1. The number of aliphatic carboxylic acids is 1. The van der Waals surface area contributed by atoms with E-state index in [9.17, 15) is 9.59 Å². The molecule has 0 unspecified atom stereocenters. The Bertz CT molecular complexity index is 690. The zero-order valence-electron chi connectivity index (χ0n) is 10.8. The Morgan fingerprint density at radius 3 is 2.43 bits per heavy atom. The normalized spacial score (nSPS) is 11.9. The maximum Gasteiger partial charge on any atom is 0.328 e. The summed E-state index contributed by atoms with van der Waals surface area (Å²) in [5.74, 6) is -1.30. The minimum Gasteiger partial charge on any atom is -0.480 e.